The summed E-state index contributed by atoms with van der Waals surface area (Å²) in [7, 11) is 0. The first kappa shape index (κ1) is 15.3. The third-order valence-electron chi connectivity index (χ3n) is 4.13. The minimum atomic E-state index is -0.472. The van der Waals surface area contributed by atoms with E-state index in [4.69, 9.17) is 4.74 Å². The van der Waals surface area contributed by atoms with Crippen molar-refractivity contribution in [1.82, 2.24) is 15.3 Å². The van der Waals surface area contributed by atoms with Crippen LogP contribution in [-0.4, -0.2) is 35.7 Å². The molecule has 2 heterocycles. The number of ether oxygens (including phenoxy) is 1. The molecule has 0 amide bonds. The largest absolute Gasteiger partial charge is 0.371 e. The van der Waals surface area contributed by atoms with Gasteiger partial charge in [0.2, 0.25) is 5.95 Å². The molecule has 7 heteroatoms. The molecule has 2 aliphatic rings. The topological polar surface area (TPSA) is 71.1 Å². The second-order valence-electron chi connectivity index (χ2n) is 6.12. The highest BCUT2D eigenvalue weighted by molar-refractivity contribution is 5.58. The van der Waals surface area contributed by atoms with Crippen molar-refractivity contribution in [1.29, 1.82) is 0 Å². The molecule has 1 saturated carbocycles. The van der Waals surface area contributed by atoms with Crippen LogP contribution < -0.4 is 16.0 Å². The van der Waals surface area contributed by atoms with Crippen LogP contribution in [0.1, 0.15) is 24.5 Å². The summed E-state index contributed by atoms with van der Waals surface area (Å²) in [6, 6.07) is 8.21. The van der Waals surface area contributed by atoms with Gasteiger partial charge in [0.05, 0.1) is 18.9 Å². The predicted molar refractivity (Wildman–Crippen MR) is 89.9 cm³/mol. The van der Waals surface area contributed by atoms with Crippen LogP contribution in [-0.2, 0) is 4.74 Å². The maximum atomic E-state index is 13.9. The molecule has 1 aliphatic carbocycles. The highest BCUT2D eigenvalue weighted by Crippen LogP contribution is 2.26. The molecule has 4 rings (SSSR count). The van der Waals surface area contributed by atoms with E-state index in [-0.39, 0.29) is 11.9 Å². The lowest BCUT2D eigenvalue weighted by molar-refractivity contribution is 0.0277. The van der Waals surface area contributed by atoms with Crippen LogP contribution in [0.25, 0.3) is 0 Å². The third-order valence-corrected chi connectivity index (χ3v) is 4.13. The van der Waals surface area contributed by atoms with Gasteiger partial charge in [0.25, 0.3) is 0 Å². The molecule has 0 radical (unpaired) electrons. The minimum Gasteiger partial charge on any atom is -0.371 e. The van der Waals surface area contributed by atoms with E-state index in [1.165, 1.54) is 6.20 Å². The van der Waals surface area contributed by atoms with Crippen LogP contribution in [0.4, 0.5) is 21.8 Å². The van der Waals surface area contributed by atoms with Gasteiger partial charge in [0.15, 0.2) is 11.6 Å². The van der Waals surface area contributed by atoms with E-state index in [0.29, 0.717) is 18.6 Å². The maximum Gasteiger partial charge on any atom is 0.225 e. The Labute approximate surface area is 139 Å². The summed E-state index contributed by atoms with van der Waals surface area (Å²) in [5.41, 5.74) is 1.88. The smallest absolute Gasteiger partial charge is 0.225 e. The molecule has 0 bridgehead atoms. The van der Waals surface area contributed by atoms with E-state index in [1.54, 1.807) is 0 Å². The molecule has 1 aromatic carbocycles. The summed E-state index contributed by atoms with van der Waals surface area (Å²) < 4.78 is 19.7. The number of morpholine rings is 1. The Morgan fingerprint density at radius 2 is 2.04 bits per heavy atom. The van der Waals surface area contributed by atoms with Crippen molar-refractivity contribution >= 4 is 17.5 Å². The Kier molecular flexibility index (Phi) is 4.27. The molecular weight excluding hydrogens is 309 g/mol. The van der Waals surface area contributed by atoms with Crippen LogP contribution in [0, 0.1) is 5.82 Å². The maximum absolute atomic E-state index is 13.9. The number of hydrogen-bond donors (Lipinski definition) is 3. The quantitative estimate of drug-likeness (QED) is 0.783. The lowest BCUT2D eigenvalue weighted by atomic mass is 10.1. The highest BCUT2D eigenvalue weighted by atomic mass is 19.1. The molecule has 126 valence electrons. The zero-order valence-electron chi connectivity index (χ0n) is 13.3. The molecular formula is C17H20FN5O. The molecule has 2 aromatic rings. The SMILES string of the molecule is Fc1cnc(NC2CC2)nc1Nc1ccc(C2CNCCO2)cc1. The fraction of sp³-hybridized carbons (Fsp3) is 0.412. The second-order valence-corrected chi connectivity index (χ2v) is 6.12. The zero-order valence-corrected chi connectivity index (χ0v) is 13.3. The Morgan fingerprint density at radius 1 is 1.21 bits per heavy atom. The van der Waals surface area contributed by atoms with Gasteiger partial charge >= 0.3 is 0 Å². The van der Waals surface area contributed by atoms with Gasteiger partial charge in [0, 0.05) is 24.8 Å². The number of aromatic nitrogens is 2. The summed E-state index contributed by atoms with van der Waals surface area (Å²) in [5.74, 6) is 0.163. The van der Waals surface area contributed by atoms with Gasteiger partial charge < -0.3 is 20.7 Å². The number of nitrogens with one attached hydrogen (secondary N) is 3. The standard InChI is InChI=1S/C17H20FN5O/c18-14-9-20-17(22-13-5-6-13)23-16(14)21-12-3-1-11(2-4-12)15-10-19-7-8-24-15/h1-4,9,13,15,19H,5-8,10H2,(H2,20,21,22,23). The van der Waals surface area contributed by atoms with Crippen LogP contribution >= 0.6 is 0 Å². The van der Waals surface area contributed by atoms with E-state index >= 15 is 0 Å². The van der Waals surface area contributed by atoms with Crippen molar-refractivity contribution in [3.8, 4) is 0 Å². The normalized spacial score (nSPS) is 20.6. The molecule has 1 unspecified atom stereocenters. The van der Waals surface area contributed by atoms with Crippen molar-refractivity contribution in [2.24, 2.45) is 0 Å². The van der Waals surface area contributed by atoms with Crippen molar-refractivity contribution in [3.05, 3.63) is 41.8 Å². The molecule has 1 atom stereocenters. The van der Waals surface area contributed by atoms with Crippen LogP contribution in [0.15, 0.2) is 30.5 Å². The number of anilines is 3. The number of nitrogens with zero attached hydrogens (tertiary/aromatic N) is 2. The lowest BCUT2D eigenvalue weighted by Gasteiger charge is -2.24. The fourth-order valence-corrected chi connectivity index (χ4v) is 2.63. The minimum absolute atomic E-state index is 0.0675. The number of rotatable bonds is 5. The summed E-state index contributed by atoms with van der Waals surface area (Å²) in [6.07, 6.45) is 3.49. The number of hydrogen-bond acceptors (Lipinski definition) is 6. The molecule has 24 heavy (non-hydrogen) atoms. The average Bonchev–Trinajstić information content (AvgIpc) is 3.43. The lowest BCUT2D eigenvalue weighted by Crippen LogP contribution is -2.33. The molecule has 3 N–H and O–H groups in total. The Balaban J connectivity index is 1.46. The first-order chi connectivity index (χ1) is 11.8. The first-order valence-electron chi connectivity index (χ1n) is 8.26. The third kappa shape index (κ3) is 3.63. The van der Waals surface area contributed by atoms with Gasteiger partial charge in [-0.1, -0.05) is 12.1 Å². The van der Waals surface area contributed by atoms with Crippen LogP contribution in [0.3, 0.4) is 0 Å². The monoisotopic (exact) mass is 329 g/mol. The highest BCUT2D eigenvalue weighted by Gasteiger charge is 2.22. The number of halogens is 1. The van der Waals surface area contributed by atoms with Gasteiger partial charge in [-0.25, -0.2) is 9.37 Å². The molecule has 6 nitrogen and oxygen atoms in total. The van der Waals surface area contributed by atoms with Crippen LogP contribution in [0.5, 0.6) is 0 Å². The summed E-state index contributed by atoms with van der Waals surface area (Å²) >= 11 is 0. The molecule has 0 spiro atoms. The molecule has 1 aliphatic heterocycles. The number of benzene rings is 1. The molecule has 1 saturated heterocycles. The average molecular weight is 329 g/mol. The Morgan fingerprint density at radius 3 is 2.75 bits per heavy atom. The summed E-state index contributed by atoms with van der Waals surface area (Å²) in [6.45, 7) is 2.41. The van der Waals surface area contributed by atoms with Gasteiger partial charge in [-0.3, -0.25) is 0 Å². The van der Waals surface area contributed by atoms with Gasteiger partial charge in [0.1, 0.15) is 0 Å². The van der Waals surface area contributed by atoms with E-state index in [9.17, 15) is 4.39 Å². The summed E-state index contributed by atoms with van der Waals surface area (Å²) in [4.78, 5) is 8.19. The second kappa shape index (κ2) is 6.70. The van der Waals surface area contributed by atoms with Gasteiger partial charge in [-0.2, -0.15) is 4.98 Å². The van der Waals surface area contributed by atoms with E-state index in [2.05, 4.69) is 25.9 Å². The van der Waals surface area contributed by atoms with Gasteiger partial charge in [-0.15, -0.1) is 0 Å². The van der Waals surface area contributed by atoms with Gasteiger partial charge in [-0.05, 0) is 30.5 Å². The molecule has 1 aromatic heterocycles. The van der Waals surface area contributed by atoms with Crippen molar-refractivity contribution in [3.63, 3.8) is 0 Å². The molecule has 2 fully saturated rings. The van der Waals surface area contributed by atoms with Crippen molar-refractivity contribution in [2.45, 2.75) is 25.0 Å². The van der Waals surface area contributed by atoms with E-state index in [1.807, 2.05) is 24.3 Å². The first-order valence-corrected chi connectivity index (χ1v) is 8.26. The van der Waals surface area contributed by atoms with Crippen molar-refractivity contribution < 1.29 is 9.13 Å². The van der Waals surface area contributed by atoms with Crippen molar-refractivity contribution in [2.75, 3.05) is 30.3 Å². The fourth-order valence-electron chi connectivity index (χ4n) is 2.63. The van der Waals surface area contributed by atoms with E-state index < -0.39 is 5.82 Å². The van der Waals surface area contributed by atoms with E-state index in [0.717, 1.165) is 37.2 Å². The predicted octanol–water partition coefficient (Wildman–Crippen LogP) is 2.59. The van der Waals surface area contributed by atoms with Crippen LogP contribution in [0.2, 0.25) is 0 Å². The Hall–Kier alpha value is -2.25. The Bertz CT molecular complexity index is 699. The summed E-state index contributed by atoms with van der Waals surface area (Å²) in [5, 5.41) is 9.49. The zero-order chi connectivity index (χ0) is 16.4.